The molecule has 0 saturated heterocycles. The lowest BCUT2D eigenvalue weighted by Gasteiger charge is -2.08. The zero-order valence-electron chi connectivity index (χ0n) is 8.46. The lowest BCUT2D eigenvalue weighted by Crippen LogP contribution is -1.90. The smallest absolute Gasteiger partial charge is 0.0324 e. The standard InChI is InChI=1S/C14H12/c1-11-7-3-4-8-13-9-5-6-10-14(13)12(11)2/h3,5-7,9-10H,1-2H3/b7-3+,11-7?,12-11-,14-12?. The molecule has 0 saturated carbocycles. The van der Waals surface area contributed by atoms with Gasteiger partial charge in [0, 0.05) is 5.56 Å². The van der Waals surface area contributed by atoms with E-state index < -0.39 is 0 Å². The second-order valence-electron chi connectivity index (χ2n) is 3.46. The monoisotopic (exact) mass is 180 g/mol. The minimum atomic E-state index is 1.12. The van der Waals surface area contributed by atoms with Crippen LogP contribution in [0.15, 0.2) is 42.0 Å². The van der Waals surface area contributed by atoms with E-state index in [-0.39, 0.29) is 0 Å². The highest BCUT2D eigenvalue weighted by atomic mass is 14.1. The van der Waals surface area contributed by atoms with Gasteiger partial charge in [-0.15, -0.1) is 0 Å². The predicted molar refractivity (Wildman–Crippen MR) is 60.7 cm³/mol. The highest BCUT2D eigenvalue weighted by Gasteiger charge is 2.03. The van der Waals surface area contributed by atoms with Crippen LogP contribution in [0.5, 0.6) is 0 Å². The Bertz CT molecular complexity index is 476. The van der Waals surface area contributed by atoms with Crippen LogP contribution in [0.1, 0.15) is 25.0 Å². The van der Waals surface area contributed by atoms with Gasteiger partial charge < -0.3 is 0 Å². The third kappa shape index (κ3) is 1.49. The number of allylic oxidation sites excluding steroid dienone is 4. The van der Waals surface area contributed by atoms with Gasteiger partial charge in [-0.25, -0.2) is 0 Å². The third-order valence-corrected chi connectivity index (χ3v) is 2.55. The quantitative estimate of drug-likeness (QED) is 0.537. The summed E-state index contributed by atoms with van der Waals surface area (Å²) in [6.07, 6.45) is 3.98. The van der Waals surface area contributed by atoms with Gasteiger partial charge in [0.15, 0.2) is 0 Å². The molecule has 0 heterocycles. The molecule has 0 fully saturated rings. The Morgan fingerprint density at radius 2 is 1.86 bits per heavy atom. The first-order valence-corrected chi connectivity index (χ1v) is 4.74. The molecule has 0 aromatic heterocycles. The van der Waals surface area contributed by atoms with Crippen LogP contribution in [0.2, 0.25) is 0 Å². The first-order valence-electron chi connectivity index (χ1n) is 4.74. The van der Waals surface area contributed by atoms with Crippen LogP contribution in [0, 0.1) is 11.8 Å². The van der Waals surface area contributed by atoms with E-state index in [1.165, 1.54) is 16.7 Å². The van der Waals surface area contributed by atoms with Gasteiger partial charge in [0.05, 0.1) is 0 Å². The summed E-state index contributed by atoms with van der Waals surface area (Å²) in [7, 11) is 0. The first-order chi connectivity index (χ1) is 6.79. The minimum Gasteiger partial charge on any atom is -0.0696 e. The van der Waals surface area contributed by atoms with Gasteiger partial charge in [0.25, 0.3) is 0 Å². The summed E-state index contributed by atoms with van der Waals surface area (Å²) in [6.45, 7) is 4.26. The van der Waals surface area contributed by atoms with E-state index in [0.29, 0.717) is 0 Å². The Morgan fingerprint density at radius 3 is 2.71 bits per heavy atom. The Morgan fingerprint density at radius 1 is 1.07 bits per heavy atom. The number of hydrogen-bond donors (Lipinski definition) is 0. The fraction of sp³-hybridized carbons (Fsp3) is 0.143. The van der Waals surface area contributed by atoms with E-state index in [2.05, 4.69) is 50.0 Å². The maximum Gasteiger partial charge on any atom is 0.0324 e. The minimum absolute atomic E-state index is 1.12. The summed E-state index contributed by atoms with van der Waals surface area (Å²) >= 11 is 0. The molecule has 0 spiro atoms. The molecule has 1 aliphatic carbocycles. The second-order valence-corrected chi connectivity index (χ2v) is 3.46. The van der Waals surface area contributed by atoms with Crippen LogP contribution in [0.25, 0.3) is 5.57 Å². The molecule has 1 aromatic carbocycles. The molecule has 0 unspecified atom stereocenters. The van der Waals surface area contributed by atoms with Crippen molar-refractivity contribution < 1.29 is 0 Å². The van der Waals surface area contributed by atoms with Crippen molar-refractivity contribution in [2.75, 3.05) is 0 Å². The number of fused-ring (bicyclic) bond motifs is 1. The van der Waals surface area contributed by atoms with E-state index in [4.69, 9.17) is 0 Å². The Labute approximate surface area is 85.0 Å². The van der Waals surface area contributed by atoms with Crippen LogP contribution in [-0.2, 0) is 0 Å². The summed E-state index contributed by atoms with van der Waals surface area (Å²) in [5, 5.41) is 0. The molecule has 0 nitrogen and oxygen atoms in total. The van der Waals surface area contributed by atoms with Gasteiger partial charge in [-0.3, -0.25) is 0 Å². The molecule has 0 radical (unpaired) electrons. The summed E-state index contributed by atoms with van der Waals surface area (Å²) in [5.74, 6) is 6.17. The molecular formula is C14H12. The number of rotatable bonds is 0. The topological polar surface area (TPSA) is 0 Å². The lowest BCUT2D eigenvalue weighted by atomic mass is 9.96. The van der Waals surface area contributed by atoms with Gasteiger partial charge in [0.2, 0.25) is 0 Å². The normalized spacial score (nSPS) is 21.3. The molecule has 0 N–H and O–H groups in total. The van der Waals surface area contributed by atoms with E-state index in [0.717, 1.165) is 5.56 Å². The average Bonchev–Trinajstić information content (AvgIpc) is 2.22. The van der Waals surface area contributed by atoms with Crippen LogP contribution in [0.3, 0.4) is 0 Å². The molecule has 2 rings (SSSR count). The van der Waals surface area contributed by atoms with Crippen molar-refractivity contribution in [2.45, 2.75) is 13.8 Å². The van der Waals surface area contributed by atoms with Crippen LogP contribution >= 0.6 is 0 Å². The molecule has 0 heteroatoms. The molecule has 0 bridgehead atoms. The Balaban J connectivity index is 2.71. The van der Waals surface area contributed by atoms with Gasteiger partial charge in [-0.05, 0) is 42.7 Å². The Hall–Kier alpha value is -1.74. The van der Waals surface area contributed by atoms with Crippen molar-refractivity contribution in [2.24, 2.45) is 0 Å². The van der Waals surface area contributed by atoms with Crippen molar-refractivity contribution in [3.05, 3.63) is 53.1 Å². The average molecular weight is 180 g/mol. The molecule has 1 aliphatic rings. The highest BCUT2D eigenvalue weighted by Crippen LogP contribution is 2.22. The summed E-state index contributed by atoms with van der Waals surface area (Å²) in [5.41, 5.74) is 4.97. The third-order valence-electron chi connectivity index (χ3n) is 2.55. The summed E-state index contributed by atoms with van der Waals surface area (Å²) < 4.78 is 0. The fourth-order valence-electron chi connectivity index (χ4n) is 1.54. The molecular weight excluding hydrogens is 168 g/mol. The van der Waals surface area contributed by atoms with E-state index >= 15 is 0 Å². The van der Waals surface area contributed by atoms with E-state index in [1.807, 2.05) is 12.1 Å². The van der Waals surface area contributed by atoms with Crippen LogP contribution in [-0.4, -0.2) is 0 Å². The first kappa shape index (κ1) is 8.84. The molecule has 0 aliphatic heterocycles. The van der Waals surface area contributed by atoms with E-state index in [9.17, 15) is 0 Å². The molecule has 68 valence electrons. The predicted octanol–water partition coefficient (Wildman–Crippen LogP) is 3.40. The molecule has 0 amide bonds. The number of benzene rings is 1. The number of hydrogen-bond acceptors (Lipinski definition) is 0. The summed E-state index contributed by atoms with van der Waals surface area (Å²) in [6, 6.07) is 8.28. The SMILES string of the molecule is CC1=C(\C)c2ccccc2C#C\C=C\1. The zero-order valence-corrected chi connectivity index (χ0v) is 8.46. The lowest BCUT2D eigenvalue weighted by molar-refractivity contribution is 1.44. The maximum absolute atomic E-state index is 3.15. The van der Waals surface area contributed by atoms with Crippen LogP contribution < -0.4 is 0 Å². The fourth-order valence-corrected chi connectivity index (χ4v) is 1.54. The van der Waals surface area contributed by atoms with Crippen molar-refractivity contribution in [3.8, 4) is 11.8 Å². The largest absolute Gasteiger partial charge is 0.0696 e. The van der Waals surface area contributed by atoms with Crippen molar-refractivity contribution in [3.63, 3.8) is 0 Å². The highest BCUT2D eigenvalue weighted by molar-refractivity contribution is 5.74. The van der Waals surface area contributed by atoms with Gasteiger partial charge in [0.1, 0.15) is 0 Å². The van der Waals surface area contributed by atoms with Crippen LogP contribution in [0.4, 0.5) is 0 Å². The summed E-state index contributed by atoms with van der Waals surface area (Å²) in [4.78, 5) is 0. The van der Waals surface area contributed by atoms with Gasteiger partial charge in [-0.2, -0.15) is 0 Å². The van der Waals surface area contributed by atoms with Gasteiger partial charge in [-0.1, -0.05) is 36.1 Å². The van der Waals surface area contributed by atoms with Crippen molar-refractivity contribution in [1.29, 1.82) is 0 Å². The van der Waals surface area contributed by atoms with Crippen molar-refractivity contribution >= 4 is 5.57 Å². The van der Waals surface area contributed by atoms with E-state index in [1.54, 1.807) is 0 Å². The maximum atomic E-state index is 3.15. The Kier molecular flexibility index (Phi) is 2.24. The second kappa shape index (κ2) is 3.55. The van der Waals surface area contributed by atoms with Crippen molar-refractivity contribution in [1.82, 2.24) is 0 Å². The van der Waals surface area contributed by atoms with Gasteiger partial charge >= 0.3 is 0 Å². The molecule has 1 aromatic rings. The zero-order chi connectivity index (χ0) is 9.97. The molecule has 14 heavy (non-hydrogen) atoms. The molecule has 0 atom stereocenters.